The van der Waals surface area contributed by atoms with Crippen LogP contribution in [0, 0.1) is 6.92 Å². The van der Waals surface area contributed by atoms with E-state index in [1.165, 1.54) is 11.1 Å². The zero-order valence-electron chi connectivity index (χ0n) is 13.1. The lowest BCUT2D eigenvalue weighted by molar-refractivity contribution is 0.172. The van der Waals surface area contributed by atoms with Crippen LogP contribution < -0.4 is 4.74 Å². The van der Waals surface area contributed by atoms with Crippen molar-refractivity contribution in [3.05, 3.63) is 59.4 Å². The molecule has 22 heavy (non-hydrogen) atoms. The predicted molar refractivity (Wildman–Crippen MR) is 85.7 cm³/mol. The summed E-state index contributed by atoms with van der Waals surface area (Å²) in [6.07, 6.45) is 2.29. The highest BCUT2D eigenvalue weighted by Gasteiger charge is 2.32. The van der Waals surface area contributed by atoms with Crippen molar-refractivity contribution in [1.29, 1.82) is 0 Å². The molecule has 1 aliphatic heterocycles. The van der Waals surface area contributed by atoms with Crippen LogP contribution in [0.4, 0.5) is 0 Å². The number of hydrogen-bond acceptors (Lipinski definition) is 4. The molecule has 0 spiro atoms. The summed E-state index contributed by atoms with van der Waals surface area (Å²) in [7, 11) is 1.68. The number of rotatable bonds is 4. The number of aliphatic hydroxyl groups is 1. The third-order valence-corrected chi connectivity index (χ3v) is 4.35. The van der Waals surface area contributed by atoms with Crippen molar-refractivity contribution in [1.82, 2.24) is 9.88 Å². The zero-order valence-corrected chi connectivity index (χ0v) is 13.1. The summed E-state index contributed by atoms with van der Waals surface area (Å²) >= 11 is 0. The molecule has 1 aromatic heterocycles. The number of aromatic nitrogens is 1. The van der Waals surface area contributed by atoms with Gasteiger partial charge in [-0.15, -0.1) is 0 Å². The first-order chi connectivity index (χ1) is 10.7. The van der Waals surface area contributed by atoms with Crippen LogP contribution >= 0.6 is 0 Å². The minimum atomic E-state index is -0.284. The van der Waals surface area contributed by atoms with Crippen molar-refractivity contribution in [3.63, 3.8) is 0 Å². The van der Waals surface area contributed by atoms with Gasteiger partial charge in [-0.1, -0.05) is 18.2 Å². The molecule has 2 atom stereocenters. The van der Waals surface area contributed by atoms with E-state index < -0.39 is 0 Å². The maximum atomic E-state index is 10.1. The number of benzene rings is 1. The van der Waals surface area contributed by atoms with Gasteiger partial charge in [-0.3, -0.25) is 9.88 Å². The number of ether oxygens (including phenoxy) is 1. The Hall–Kier alpha value is -1.91. The van der Waals surface area contributed by atoms with Crippen LogP contribution in [0.25, 0.3) is 0 Å². The fourth-order valence-corrected chi connectivity index (χ4v) is 3.15. The Balaban J connectivity index is 1.84. The maximum absolute atomic E-state index is 10.1. The van der Waals surface area contributed by atoms with Crippen LogP contribution in [0.2, 0.25) is 0 Å². The van der Waals surface area contributed by atoms with E-state index in [1.807, 2.05) is 31.3 Å². The Labute approximate surface area is 131 Å². The number of pyridine rings is 1. The van der Waals surface area contributed by atoms with Crippen molar-refractivity contribution < 1.29 is 9.84 Å². The third-order valence-electron chi connectivity index (χ3n) is 4.35. The fraction of sp³-hybridized carbons (Fsp3) is 0.389. The third kappa shape index (κ3) is 3.13. The Kier molecular flexibility index (Phi) is 4.41. The van der Waals surface area contributed by atoms with E-state index in [2.05, 4.69) is 28.1 Å². The second kappa shape index (κ2) is 6.46. The zero-order chi connectivity index (χ0) is 15.5. The topological polar surface area (TPSA) is 45.6 Å². The van der Waals surface area contributed by atoms with Gasteiger partial charge >= 0.3 is 0 Å². The van der Waals surface area contributed by atoms with Gasteiger partial charge in [0.2, 0.25) is 0 Å². The number of hydrogen-bond donors (Lipinski definition) is 1. The van der Waals surface area contributed by atoms with Crippen LogP contribution in [-0.2, 0) is 6.54 Å². The number of aliphatic hydroxyl groups excluding tert-OH is 1. The van der Waals surface area contributed by atoms with Crippen molar-refractivity contribution in [3.8, 4) is 5.75 Å². The van der Waals surface area contributed by atoms with Gasteiger partial charge in [-0.2, -0.15) is 0 Å². The van der Waals surface area contributed by atoms with Crippen molar-refractivity contribution in [2.24, 2.45) is 0 Å². The van der Waals surface area contributed by atoms with Crippen LogP contribution in [-0.4, -0.2) is 34.7 Å². The van der Waals surface area contributed by atoms with Gasteiger partial charge < -0.3 is 9.84 Å². The molecule has 1 saturated heterocycles. The molecule has 1 fully saturated rings. The SMILES string of the molecule is COc1cccc([C@H]2C[C@H](O)CN2Cc2cccnc2C)c1. The Morgan fingerprint density at radius 1 is 1.32 bits per heavy atom. The van der Waals surface area contributed by atoms with Gasteiger partial charge in [0.1, 0.15) is 5.75 Å². The van der Waals surface area contributed by atoms with Crippen molar-refractivity contribution >= 4 is 0 Å². The Morgan fingerprint density at radius 3 is 2.95 bits per heavy atom. The molecule has 4 heteroatoms. The largest absolute Gasteiger partial charge is 0.497 e. The molecule has 0 radical (unpaired) electrons. The lowest BCUT2D eigenvalue weighted by Crippen LogP contribution is -2.24. The van der Waals surface area contributed by atoms with Crippen molar-refractivity contribution in [2.45, 2.75) is 32.0 Å². The molecule has 0 aliphatic carbocycles. The summed E-state index contributed by atoms with van der Waals surface area (Å²) in [4.78, 5) is 6.68. The van der Waals surface area contributed by atoms with Crippen molar-refractivity contribution in [2.75, 3.05) is 13.7 Å². The summed E-state index contributed by atoms with van der Waals surface area (Å²) in [5.74, 6) is 0.858. The summed E-state index contributed by atoms with van der Waals surface area (Å²) in [5, 5.41) is 10.1. The molecule has 2 heterocycles. The molecule has 1 N–H and O–H groups in total. The minimum Gasteiger partial charge on any atom is -0.497 e. The molecular formula is C18H22N2O2. The molecule has 0 unspecified atom stereocenters. The Morgan fingerprint density at radius 2 is 2.18 bits per heavy atom. The highest BCUT2D eigenvalue weighted by Crippen LogP contribution is 2.34. The molecule has 0 bridgehead atoms. The van der Waals surface area contributed by atoms with Crippen LogP contribution in [0.5, 0.6) is 5.75 Å². The van der Waals surface area contributed by atoms with Gasteiger partial charge in [0, 0.05) is 31.0 Å². The van der Waals surface area contributed by atoms with E-state index >= 15 is 0 Å². The molecule has 116 valence electrons. The van der Waals surface area contributed by atoms with E-state index in [0.717, 1.165) is 24.4 Å². The van der Waals surface area contributed by atoms with Crippen LogP contribution in [0.1, 0.15) is 29.3 Å². The van der Waals surface area contributed by atoms with E-state index in [1.54, 1.807) is 7.11 Å². The summed E-state index contributed by atoms with van der Waals surface area (Å²) in [5.41, 5.74) is 3.45. The van der Waals surface area contributed by atoms with Gasteiger partial charge in [-0.25, -0.2) is 0 Å². The predicted octanol–water partition coefficient (Wildman–Crippen LogP) is 2.71. The highest BCUT2D eigenvalue weighted by molar-refractivity contribution is 5.31. The number of likely N-dealkylation sites (tertiary alicyclic amines) is 1. The molecule has 2 aromatic rings. The van der Waals surface area contributed by atoms with E-state index in [4.69, 9.17) is 4.74 Å². The first-order valence-corrected chi connectivity index (χ1v) is 7.64. The van der Waals surface area contributed by atoms with Gasteiger partial charge in [-0.05, 0) is 42.7 Å². The summed E-state index contributed by atoms with van der Waals surface area (Å²) in [6, 6.07) is 12.4. The average molecular weight is 298 g/mol. The lowest BCUT2D eigenvalue weighted by atomic mass is 10.0. The molecule has 4 nitrogen and oxygen atoms in total. The summed E-state index contributed by atoms with van der Waals surface area (Å²) < 4.78 is 5.32. The van der Waals surface area contributed by atoms with Crippen LogP contribution in [0.3, 0.4) is 0 Å². The first kappa shape index (κ1) is 15.0. The standard InChI is InChI=1S/C18H22N2O2/c1-13-15(6-4-8-19-13)11-20-12-16(21)10-18(20)14-5-3-7-17(9-14)22-2/h3-9,16,18,21H,10-12H2,1-2H3/t16-,18+/m0/s1. The van der Waals surface area contributed by atoms with E-state index in [9.17, 15) is 5.11 Å². The van der Waals surface area contributed by atoms with Gasteiger partial charge in [0.15, 0.2) is 0 Å². The first-order valence-electron chi connectivity index (χ1n) is 7.64. The molecule has 1 aromatic carbocycles. The van der Waals surface area contributed by atoms with E-state index in [0.29, 0.717) is 6.54 Å². The lowest BCUT2D eigenvalue weighted by Gasteiger charge is -2.25. The van der Waals surface area contributed by atoms with Gasteiger partial charge in [0.25, 0.3) is 0 Å². The van der Waals surface area contributed by atoms with E-state index in [-0.39, 0.29) is 12.1 Å². The second-order valence-corrected chi connectivity index (χ2v) is 5.86. The second-order valence-electron chi connectivity index (χ2n) is 5.86. The minimum absolute atomic E-state index is 0.213. The number of β-amino-alcohol motifs (C(OH)–C–C–N with tert-alkyl or cyclic N) is 1. The molecule has 0 amide bonds. The fourth-order valence-electron chi connectivity index (χ4n) is 3.15. The highest BCUT2D eigenvalue weighted by atomic mass is 16.5. The molecule has 3 rings (SSSR count). The van der Waals surface area contributed by atoms with Gasteiger partial charge in [0.05, 0.1) is 13.2 Å². The molecule has 1 aliphatic rings. The number of aryl methyl sites for hydroxylation is 1. The molecular weight excluding hydrogens is 276 g/mol. The van der Waals surface area contributed by atoms with Crippen LogP contribution in [0.15, 0.2) is 42.6 Å². The monoisotopic (exact) mass is 298 g/mol. The number of methoxy groups -OCH3 is 1. The molecule has 0 saturated carbocycles. The Bertz CT molecular complexity index is 644. The normalized spacial score (nSPS) is 22.0. The quantitative estimate of drug-likeness (QED) is 0.942. The smallest absolute Gasteiger partial charge is 0.119 e. The number of nitrogens with zero attached hydrogens (tertiary/aromatic N) is 2. The maximum Gasteiger partial charge on any atom is 0.119 e. The summed E-state index contributed by atoms with van der Waals surface area (Å²) in [6.45, 7) is 3.53. The average Bonchev–Trinajstić information content (AvgIpc) is 2.90.